The highest BCUT2D eigenvalue weighted by atomic mass is 35.5. The molecule has 1 heterocycles. The van der Waals surface area contributed by atoms with Crippen molar-refractivity contribution in [2.75, 3.05) is 13.1 Å². The average molecular weight is 432 g/mol. The number of hydrogen-bond acceptors (Lipinski definition) is 8. The topological polar surface area (TPSA) is 122 Å². The number of nitrogens with zero attached hydrogens (tertiary/aromatic N) is 2. The van der Waals surface area contributed by atoms with Gasteiger partial charge in [0.05, 0.1) is 19.7 Å². The van der Waals surface area contributed by atoms with Crippen molar-refractivity contribution < 1.29 is 33.4 Å². The molecule has 1 aliphatic heterocycles. The molecule has 1 aromatic rings. The zero-order chi connectivity index (χ0) is 21.9. The van der Waals surface area contributed by atoms with E-state index < -0.39 is 48.9 Å². The molecule has 3 atom stereocenters. The third-order valence-electron chi connectivity index (χ3n) is 4.52. The maximum absolute atomic E-state index is 14.0. The Bertz CT molecular complexity index is 808. The Labute approximate surface area is 172 Å². The van der Waals surface area contributed by atoms with Gasteiger partial charge in [0.15, 0.2) is 6.23 Å². The van der Waals surface area contributed by atoms with Crippen LogP contribution in [-0.2, 0) is 30.5 Å². The SMILES string of the molecule is CC(=O)OC1CN(C(C)c2cc(F)cc(Cl)c2CO)C(OC(C)=O)N1CC(N)=O. The Hall–Kier alpha value is -2.27. The second kappa shape index (κ2) is 9.49. The number of primary amides is 1. The monoisotopic (exact) mass is 431 g/mol. The van der Waals surface area contributed by atoms with E-state index >= 15 is 0 Å². The van der Waals surface area contributed by atoms with Crippen LogP contribution in [0.1, 0.15) is 37.9 Å². The van der Waals surface area contributed by atoms with Crippen molar-refractivity contribution in [2.24, 2.45) is 5.73 Å². The van der Waals surface area contributed by atoms with Crippen molar-refractivity contribution in [3.63, 3.8) is 0 Å². The molecule has 3 N–H and O–H groups in total. The van der Waals surface area contributed by atoms with E-state index in [9.17, 15) is 23.9 Å². The van der Waals surface area contributed by atoms with Crippen molar-refractivity contribution in [3.8, 4) is 0 Å². The van der Waals surface area contributed by atoms with Gasteiger partial charge in [0.2, 0.25) is 12.3 Å². The Morgan fingerprint density at radius 1 is 1.31 bits per heavy atom. The van der Waals surface area contributed by atoms with Crippen molar-refractivity contribution in [3.05, 3.63) is 34.1 Å². The van der Waals surface area contributed by atoms with E-state index in [1.807, 2.05) is 0 Å². The second-order valence-corrected chi connectivity index (χ2v) is 7.03. The smallest absolute Gasteiger partial charge is 0.305 e. The second-order valence-electron chi connectivity index (χ2n) is 6.62. The van der Waals surface area contributed by atoms with E-state index in [4.69, 9.17) is 26.8 Å². The Kier molecular flexibility index (Phi) is 7.53. The molecule has 0 bridgehead atoms. The molecule has 0 saturated carbocycles. The summed E-state index contributed by atoms with van der Waals surface area (Å²) < 4.78 is 24.6. The first kappa shape index (κ1) is 23.0. The standard InChI is InChI=1S/C18H23ClFN3O6/c1-9(13-4-12(20)5-15(19)14(13)8-24)22-7-17(28-10(2)25)23(6-16(21)27)18(22)29-11(3)26/h4-5,9,17-18,24H,6-8H2,1-3H3,(H2,21,27). The third kappa shape index (κ3) is 5.41. The van der Waals surface area contributed by atoms with Crippen LogP contribution < -0.4 is 5.73 Å². The summed E-state index contributed by atoms with van der Waals surface area (Å²) >= 11 is 6.06. The normalized spacial score (nSPS) is 21.0. The molecule has 3 unspecified atom stereocenters. The Morgan fingerprint density at radius 2 is 1.93 bits per heavy atom. The average Bonchev–Trinajstić information content (AvgIpc) is 2.89. The number of ether oxygens (including phenoxy) is 2. The van der Waals surface area contributed by atoms with Gasteiger partial charge in [-0.3, -0.25) is 14.4 Å². The number of aliphatic hydroxyl groups excluding tert-OH is 1. The fourth-order valence-corrected chi connectivity index (χ4v) is 3.61. The molecule has 1 fully saturated rings. The molecule has 1 saturated heterocycles. The number of nitrogens with two attached hydrogens (primary N) is 1. The molecule has 0 radical (unpaired) electrons. The minimum absolute atomic E-state index is 0.0327. The van der Waals surface area contributed by atoms with E-state index in [1.165, 1.54) is 24.8 Å². The first-order chi connectivity index (χ1) is 13.5. The van der Waals surface area contributed by atoms with Gasteiger partial charge in [-0.2, -0.15) is 0 Å². The largest absolute Gasteiger partial charge is 0.445 e. The van der Waals surface area contributed by atoms with Crippen LogP contribution in [0.3, 0.4) is 0 Å². The maximum atomic E-state index is 14.0. The van der Waals surface area contributed by atoms with Gasteiger partial charge < -0.3 is 20.3 Å². The predicted molar refractivity (Wildman–Crippen MR) is 99.5 cm³/mol. The number of esters is 2. The lowest BCUT2D eigenvalue weighted by atomic mass is 10.0. The van der Waals surface area contributed by atoms with E-state index in [0.29, 0.717) is 11.1 Å². The fourth-order valence-electron chi connectivity index (χ4n) is 3.34. The number of aliphatic hydroxyl groups is 1. The Morgan fingerprint density at radius 3 is 2.45 bits per heavy atom. The van der Waals surface area contributed by atoms with E-state index in [1.54, 1.807) is 11.8 Å². The van der Waals surface area contributed by atoms with Crippen molar-refractivity contribution in [1.29, 1.82) is 0 Å². The molecule has 1 aromatic carbocycles. The maximum Gasteiger partial charge on any atom is 0.305 e. The highest BCUT2D eigenvalue weighted by Gasteiger charge is 2.46. The summed E-state index contributed by atoms with van der Waals surface area (Å²) in [7, 11) is 0. The number of carbonyl (C=O) groups excluding carboxylic acids is 3. The van der Waals surface area contributed by atoms with Crippen LogP contribution in [-0.4, -0.2) is 58.4 Å². The van der Waals surface area contributed by atoms with Gasteiger partial charge in [-0.15, -0.1) is 0 Å². The van der Waals surface area contributed by atoms with Crippen LogP contribution in [0.2, 0.25) is 5.02 Å². The van der Waals surface area contributed by atoms with Crippen LogP contribution >= 0.6 is 11.6 Å². The lowest BCUT2D eigenvalue weighted by Crippen LogP contribution is -2.48. The molecular weight excluding hydrogens is 409 g/mol. The highest BCUT2D eigenvalue weighted by Crippen LogP contribution is 2.35. The number of rotatable bonds is 7. The predicted octanol–water partition coefficient (Wildman–Crippen LogP) is 0.871. The molecule has 2 rings (SSSR count). The molecule has 29 heavy (non-hydrogen) atoms. The summed E-state index contributed by atoms with van der Waals surface area (Å²) in [6.07, 6.45) is -2.05. The van der Waals surface area contributed by atoms with E-state index in [2.05, 4.69) is 0 Å². The molecule has 160 valence electrons. The summed E-state index contributed by atoms with van der Waals surface area (Å²) in [4.78, 5) is 37.6. The minimum atomic E-state index is -1.12. The van der Waals surface area contributed by atoms with Gasteiger partial charge in [0.1, 0.15) is 5.82 Å². The van der Waals surface area contributed by atoms with Gasteiger partial charge in [-0.25, -0.2) is 14.2 Å². The molecular formula is C18H23ClFN3O6. The molecule has 11 heteroatoms. The van der Waals surface area contributed by atoms with E-state index in [0.717, 1.165) is 6.07 Å². The number of carbonyl (C=O) groups is 3. The summed E-state index contributed by atoms with van der Waals surface area (Å²) in [6, 6.07) is 1.66. The molecule has 0 spiro atoms. The zero-order valence-electron chi connectivity index (χ0n) is 16.2. The molecule has 1 amide bonds. The van der Waals surface area contributed by atoms with Gasteiger partial charge in [-0.1, -0.05) is 11.6 Å². The van der Waals surface area contributed by atoms with Crippen LogP contribution in [0.25, 0.3) is 0 Å². The molecule has 9 nitrogen and oxygen atoms in total. The number of benzene rings is 1. The first-order valence-electron chi connectivity index (χ1n) is 8.78. The lowest BCUT2D eigenvalue weighted by molar-refractivity contribution is -0.182. The Balaban J connectivity index is 2.48. The summed E-state index contributed by atoms with van der Waals surface area (Å²) in [5, 5.41) is 9.73. The van der Waals surface area contributed by atoms with E-state index in [-0.39, 0.29) is 18.1 Å². The minimum Gasteiger partial charge on any atom is -0.445 e. The molecule has 0 aromatic heterocycles. The number of hydrogen-bond donors (Lipinski definition) is 2. The lowest BCUT2D eigenvalue weighted by Gasteiger charge is -2.33. The van der Waals surface area contributed by atoms with Crippen molar-refractivity contribution in [2.45, 2.75) is 46.0 Å². The van der Waals surface area contributed by atoms with Crippen molar-refractivity contribution >= 4 is 29.4 Å². The number of amides is 1. The highest BCUT2D eigenvalue weighted by molar-refractivity contribution is 6.31. The van der Waals surface area contributed by atoms with Gasteiger partial charge in [-0.05, 0) is 24.6 Å². The fraction of sp³-hybridized carbons (Fsp3) is 0.500. The van der Waals surface area contributed by atoms with Gasteiger partial charge in [0.25, 0.3) is 0 Å². The summed E-state index contributed by atoms with van der Waals surface area (Å²) in [5.41, 5.74) is 5.96. The first-order valence-corrected chi connectivity index (χ1v) is 9.15. The summed E-state index contributed by atoms with van der Waals surface area (Å²) in [5.74, 6) is -2.59. The van der Waals surface area contributed by atoms with Crippen LogP contribution in [0, 0.1) is 5.82 Å². The molecule has 0 aliphatic carbocycles. The van der Waals surface area contributed by atoms with Crippen LogP contribution in [0.15, 0.2) is 12.1 Å². The third-order valence-corrected chi connectivity index (χ3v) is 4.85. The quantitative estimate of drug-likeness (QED) is 0.610. The number of halogens is 2. The molecule has 1 aliphatic rings. The van der Waals surface area contributed by atoms with Crippen LogP contribution in [0.4, 0.5) is 4.39 Å². The van der Waals surface area contributed by atoms with Gasteiger partial charge in [0, 0.05) is 30.5 Å². The summed E-state index contributed by atoms with van der Waals surface area (Å²) in [6.45, 7) is 3.30. The van der Waals surface area contributed by atoms with Gasteiger partial charge >= 0.3 is 11.9 Å². The van der Waals surface area contributed by atoms with Crippen LogP contribution in [0.5, 0.6) is 0 Å². The van der Waals surface area contributed by atoms with Crippen molar-refractivity contribution in [1.82, 2.24) is 9.80 Å². The zero-order valence-corrected chi connectivity index (χ0v) is 17.0.